The monoisotopic (exact) mass is 296 g/mol. The minimum atomic E-state index is -0.158. The number of anilines is 1. The standard InChI is InChI=1S/C15H24N2O2S/c1-11-4-3-6-15(8-11,10-18)16-9-14-13(5-7-20-14)17-12(2)19/h5,7,11,16,18H,3-4,6,8-10H2,1-2H3,(H,17,19). The third kappa shape index (κ3) is 3.81. The molecule has 0 bridgehead atoms. The number of nitrogens with one attached hydrogen (secondary N) is 2. The first-order chi connectivity index (χ1) is 9.54. The average Bonchev–Trinajstić information content (AvgIpc) is 2.83. The molecule has 2 atom stereocenters. The molecule has 3 N–H and O–H groups in total. The van der Waals surface area contributed by atoms with Crippen molar-refractivity contribution in [3.63, 3.8) is 0 Å². The van der Waals surface area contributed by atoms with E-state index in [0.29, 0.717) is 12.5 Å². The van der Waals surface area contributed by atoms with E-state index in [-0.39, 0.29) is 18.1 Å². The van der Waals surface area contributed by atoms with Crippen molar-refractivity contribution in [2.45, 2.75) is 51.6 Å². The highest BCUT2D eigenvalue weighted by Crippen LogP contribution is 2.33. The lowest BCUT2D eigenvalue weighted by Crippen LogP contribution is -2.51. The minimum Gasteiger partial charge on any atom is -0.394 e. The molecule has 0 saturated heterocycles. The molecular weight excluding hydrogens is 272 g/mol. The summed E-state index contributed by atoms with van der Waals surface area (Å²) < 4.78 is 0. The number of aliphatic hydroxyl groups excluding tert-OH is 1. The molecule has 2 rings (SSSR count). The second-order valence-corrected chi connectivity index (χ2v) is 6.93. The van der Waals surface area contributed by atoms with Crippen molar-refractivity contribution in [1.82, 2.24) is 5.32 Å². The maximum absolute atomic E-state index is 11.2. The van der Waals surface area contributed by atoms with Gasteiger partial charge in [0.2, 0.25) is 5.91 Å². The Labute approximate surface area is 124 Å². The lowest BCUT2D eigenvalue weighted by molar-refractivity contribution is -0.114. The zero-order chi connectivity index (χ0) is 14.6. The minimum absolute atomic E-state index is 0.0483. The number of rotatable bonds is 5. The first-order valence-electron chi connectivity index (χ1n) is 7.24. The van der Waals surface area contributed by atoms with Crippen LogP contribution in [-0.2, 0) is 11.3 Å². The molecule has 1 aliphatic carbocycles. The number of hydrogen-bond donors (Lipinski definition) is 3. The molecule has 4 nitrogen and oxygen atoms in total. The molecule has 1 saturated carbocycles. The Morgan fingerprint density at radius 3 is 3.05 bits per heavy atom. The van der Waals surface area contributed by atoms with Crippen LogP contribution in [0, 0.1) is 5.92 Å². The fourth-order valence-corrected chi connectivity index (χ4v) is 3.84. The molecule has 1 aromatic heterocycles. The van der Waals surface area contributed by atoms with Crippen LogP contribution >= 0.6 is 11.3 Å². The lowest BCUT2D eigenvalue weighted by Gasteiger charge is -2.39. The van der Waals surface area contributed by atoms with Crippen molar-refractivity contribution in [3.8, 4) is 0 Å². The molecule has 1 amide bonds. The average molecular weight is 296 g/mol. The highest BCUT2D eigenvalue weighted by molar-refractivity contribution is 7.10. The van der Waals surface area contributed by atoms with Crippen molar-refractivity contribution in [2.24, 2.45) is 5.92 Å². The van der Waals surface area contributed by atoms with Gasteiger partial charge in [-0.3, -0.25) is 4.79 Å². The molecule has 5 heteroatoms. The van der Waals surface area contributed by atoms with Crippen LogP contribution in [0.4, 0.5) is 5.69 Å². The molecule has 0 aromatic carbocycles. The Hall–Kier alpha value is -0.910. The topological polar surface area (TPSA) is 61.4 Å². The molecular formula is C15H24N2O2S. The molecule has 1 aromatic rings. The summed E-state index contributed by atoms with van der Waals surface area (Å²) in [6.07, 6.45) is 4.45. The highest BCUT2D eigenvalue weighted by atomic mass is 32.1. The van der Waals surface area contributed by atoms with Crippen LogP contribution in [-0.4, -0.2) is 23.2 Å². The Bertz CT molecular complexity index is 460. The van der Waals surface area contributed by atoms with Crippen LogP contribution in [0.5, 0.6) is 0 Å². The number of hydrogen-bond acceptors (Lipinski definition) is 4. The number of carbonyl (C=O) groups excluding carboxylic acids is 1. The van der Waals surface area contributed by atoms with E-state index >= 15 is 0 Å². The summed E-state index contributed by atoms with van der Waals surface area (Å²) in [4.78, 5) is 12.3. The number of aliphatic hydroxyl groups is 1. The van der Waals surface area contributed by atoms with Gasteiger partial charge < -0.3 is 15.7 Å². The predicted octanol–water partition coefficient (Wildman–Crippen LogP) is 2.74. The molecule has 0 spiro atoms. The molecule has 0 aliphatic heterocycles. The second kappa shape index (κ2) is 6.70. The van der Waals surface area contributed by atoms with Gasteiger partial charge in [-0.2, -0.15) is 0 Å². The van der Waals surface area contributed by atoms with Gasteiger partial charge >= 0.3 is 0 Å². The van der Waals surface area contributed by atoms with Gasteiger partial charge in [0.25, 0.3) is 0 Å². The third-order valence-corrected chi connectivity index (χ3v) is 5.00. The van der Waals surface area contributed by atoms with Crippen LogP contribution < -0.4 is 10.6 Å². The molecule has 1 aliphatic rings. The Kier molecular flexibility index (Phi) is 5.18. The fourth-order valence-electron chi connectivity index (χ4n) is 3.07. The van der Waals surface area contributed by atoms with Gasteiger partial charge in [-0.1, -0.05) is 19.8 Å². The molecule has 112 valence electrons. The maximum atomic E-state index is 11.2. The van der Waals surface area contributed by atoms with E-state index in [1.54, 1.807) is 11.3 Å². The molecule has 1 fully saturated rings. The second-order valence-electron chi connectivity index (χ2n) is 5.93. The van der Waals surface area contributed by atoms with E-state index in [1.165, 1.54) is 13.3 Å². The van der Waals surface area contributed by atoms with Gasteiger partial charge in [-0.15, -0.1) is 11.3 Å². The van der Waals surface area contributed by atoms with E-state index in [1.807, 2.05) is 11.4 Å². The van der Waals surface area contributed by atoms with Crippen molar-refractivity contribution in [1.29, 1.82) is 0 Å². The van der Waals surface area contributed by atoms with Gasteiger partial charge in [0.05, 0.1) is 12.3 Å². The quantitative estimate of drug-likeness (QED) is 0.783. The zero-order valence-corrected chi connectivity index (χ0v) is 13.1. The van der Waals surface area contributed by atoms with Crippen molar-refractivity contribution >= 4 is 22.9 Å². The van der Waals surface area contributed by atoms with Crippen LogP contribution in [0.2, 0.25) is 0 Å². The van der Waals surface area contributed by atoms with Gasteiger partial charge in [0.15, 0.2) is 0 Å². The van der Waals surface area contributed by atoms with E-state index in [2.05, 4.69) is 17.6 Å². The Morgan fingerprint density at radius 2 is 2.40 bits per heavy atom. The van der Waals surface area contributed by atoms with Gasteiger partial charge in [0, 0.05) is 23.9 Å². The lowest BCUT2D eigenvalue weighted by atomic mass is 9.77. The van der Waals surface area contributed by atoms with Crippen LogP contribution in [0.15, 0.2) is 11.4 Å². The van der Waals surface area contributed by atoms with Gasteiger partial charge in [-0.05, 0) is 30.2 Å². The van der Waals surface area contributed by atoms with Crippen LogP contribution in [0.1, 0.15) is 44.4 Å². The fraction of sp³-hybridized carbons (Fsp3) is 0.667. The molecule has 20 heavy (non-hydrogen) atoms. The van der Waals surface area contributed by atoms with E-state index < -0.39 is 0 Å². The molecule has 0 radical (unpaired) electrons. The Balaban J connectivity index is 1.99. The van der Waals surface area contributed by atoms with Gasteiger partial charge in [0.1, 0.15) is 0 Å². The van der Waals surface area contributed by atoms with Crippen molar-refractivity contribution in [2.75, 3.05) is 11.9 Å². The third-order valence-electron chi connectivity index (χ3n) is 4.07. The van der Waals surface area contributed by atoms with Crippen LogP contribution in [0.25, 0.3) is 0 Å². The number of thiophene rings is 1. The van der Waals surface area contributed by atoms with Gasteiger partial charge in [-0.25, -0.2) is 0 Å². The predicted molar refractivity (Wildman–Crippen MR) is 82.9 cm³/mol. The zero-order valence-electron chi connectivity index (χ0n) is 12.2. The van der Waals surface area contributed by atoms with E-state index in [0.717, 1.165) is 29.8 Å². The summed E-state index contributed by atoms with van der Waals surface area (Å²) >= 11 is 1.63. The first-order valence-corrected chi connectivity index (χ1v) is 8.12. The molecule has 2 unspecified atom stereocenters. The summed E-state index contributed by atoms with van der Waals surface area (Å²) in [5.41, 5.74) is 0.724. The highest BCUT2D eigenvalue weighted by Gasteiger charge is 2.34. The summed E-state index contributed by atoms with van der Waals surface area (Å²) in [7, 11) is 0. The smallest absolute Gasteiger partial charge is 0.221 e. The normalized spacial score (nSPS) is 26.4. The largest absolute Gasteiger partial charge is 0.394 e. The summed E-state index contributed by atoms with van der Waals surface area (Å²) in [6, 6.07) is 1.93. The summed E-state index contributed by atoms with van der Waals surface area (Å²) in [6.45, 7) is 4.64. The maximum Gasteiger partial charge on any atom is 0.221 e. The van der Waals surface area contributed by atoms with Crippen LogP contribution in [0.3, 0.4) is 0 Å². The number of amides is 1. The Morgan fingerprint density at radius 1 is 1.60 bits per heavy atom. The summed E-state index contributed by atoms with van der Waals surface area (Å²) in [5.74, 6) is 0.606. The SMILES string of the molecule is CC(=O)Nc1ccsc1CNC1(CO)CCCC(C)C1. The van der Waals surface area contributed by atoms with E-state index in [4.69, 9.17) is 0 Å². The van der Waals surface area contributed by atoms with Crippen molar-refractivity contribution in [3.05, 3.63) is 16.3 Å². The van der Waals surface area contributed by atoms with Crippen molar-refractivity contribution < 1.29 is 9.90 Å². The molecule has 1 heterocycles. The first kappa shape index (κ1) is 15.5. The van der Waals surface area contributed by atoms with E-state index in [9.17, 15) is 9.90 Å². The number of carbonyl (C=O) groups is 1. The summed E-state index contributed by atoms with van der Waals surface area (Å²) in [5, 5.41) is 18.1.